The number of benzene rings is 1. The lowest BCUT2D eigenvalue weighted by Gasteiger charge is -2.16. The maximum atomic E-state index is 7.89. The Labute approximate surface area is 83.4 Å². The zero-order chi connectivity index (χ0) is 12.0. The number of halogens is 1. The normalized spacial score (nSPS) is 16.7. The maximum Gasteiger partial charge on any atom is 0.0776 e. The van der Waals surface area contributed by atoms with Crippen molar-refractivity contribution in [3.63, 3.8) is 0 Å². The van der Waals surface area contributed by atoms with Crippen LogP contribution in [0.4, 0.5) is 0 Å². The molecule has 0 atom stereocenters. The van der Waals surface area contributed by atoms with E-state index < -0.39 is 8.07 Å². The molecule has 11 heavy (non-hydrogen) atoms. The predicted octanol–water partition coefficient (Wildman–Crippen LogP) is 2.99. The Morgan fingerprint density at radius 2 is 2.00 bits per heavy atom. The molecule has 2 heteroatoms. The van der Waals surface area contributed by atoms with E-state index in [2.05, 4.69) is 15.9 Å². The molecule has 0 radical (unpaired) electrons. The van der Waals surface area contributed by atoms with Crippen LogP contribution in [0, 0.1) is 0 Å². The largest absolute Gasteiger partial charge is 0.0776 e. The molecule has 0 amide bonds. The van der Waals surface area contributed by atoms with Gasteiger partial charge < -0.3 is 0 Å². The molecular weight excluding hydrogens is 216 g/mol. The average molecular weight is 233 g/mol. The van der Waals surface area contributed by atoms with E-state index in [1.807, 2.05) is 19.6 Å². The summed E-state index contributed by atoms with van der Waals surface area (Å²) in [6.45, 7) is 6.11. The molecule has 0 aliphatic heterocycles. The Kier molecular flexibility index (Phi) is 1.37. The van der Waals surface area contributed by atoms with Crippen LogP contribution < -0.4 is 5.19 Å². The summed E-state index contributed by atoms with van der Waals surface area (Å²) >= 11 is 3.15. The van der Waals surface area contributed by atoms with Crippen LogP contribution in [0.25, 0.3) is 0 Å². The zero-order valence-corrected chi connectivity index (χ0v) is 9.46. The highest BCUT2D eigenvalue weighted by molar-refractivity contribution is 9.10. The molecule has 0 heterocycles. The van der Waals surface area contributed by atoms with Gasteiger partial charge in [-0.1, -0.05) is 52.8 Å². The number of rotatable bonds is 1. The summed E-state index contributed by atoms with van der Waals surface area (Å²) in [7, 11) is -1.82. The lowest BCUT2D eigenvalue weighted by molar-refractivity contribution is 1.64. The van der Waals surface area contributed by atoms with Gasteiger partial charge in [-0.2, -0.15) is 0 Å². The fraction of sp³-hybridized carbons (Fsp3) is 0.333. The van der Waals surface area contributed by atoms with Gasteiger partial charge in [0, 0.05) is 4.47 Å². The molecule has 0 unspecified atom stereocenters. The number of hydrogen-bond acceptors (Lipinski definition) is 0. The van der Waals surface area contributed by atoms with Crippen LogP contribution in [0.2, 0.25) is 19.6 Å². The van der Waals surface area contributed by atoms with Crippen LogP contribution in [-0.4, -0.2) is 8.07 Å². The van der Waals surface area contributed by atoms with E-state index in [1.165, 1.54) is 0 Å². The Morgan fingerprint density at radius 3 is 2.55 bits per heavy atom. The quantitative estimate of drug-likeness (QED) is 0.654. The third kappa shape index (κ3) is 2.45. The Hall–Kier alpha value is -0.0831. The molecule has 1 aromatic carbocycles. The van der Waals surface area contributed by atoms with Crippen LogP contribution in [0.5, 0.6) is 0 Å². The van der Waals surface area contributed by atoms with Crippen LogP contribution in [0.3, 0.4) is 0 Å². The highest BCUT2D eigenvalue weighted by Crippen LogP contribution is 2.09. The topological polar surface area (TPSA) is 0 Å². The highest BCUT2D eigenvalue weighted by atomic mass is 79.9. The molecule has 60 valence electrons. The van der Waals surface area contributed by atoms with Gasteiger partial charge in [-0.05, 0) is 12.1 Å². The molecular formula is C9H13BrSi. The minimum absolute atomic E-state index is 0.0485. The predicted molar refractivity (Wildman–Crippen MR) is 57.1 cm³/mol. The fourth-order valence-electron chi connectivity index (χ4n) is 0.696. The summed E-state index contributed by atoms with van der Waals surface area (Å²) in [5.41, 5.74) is 0. The fourth-order valence-corrected chi connectivity index (χ4v) is 2.11. The van der Waals surface area contributed by atoms with Gasteiger partial charge in [0.05, 0.1) is 13.6 Å². The van der Waals surface area contributed by atoms with Gasteiger partial charge in [-0.3, -0.25) is 0 Å². The van der Waals surface area contributed by atoms with Gasteiger partial charge in [0.15, 0.2) is 0 Å². The molecule has 0 bridgehead atoms. The summed E-state index contributed by atoms with van der Waals surface area (Å²) in [5.74, 6) is 0. The van der Waals surface area contributed by atoms with Crippen molar-refractivity contribution >= 4 is 29.2 Å². The molecule has 0 saturated heterocycles. The lowest BCUT2D eigenvalue weighted by atomic mass is 10.4. The molecule has 0 aliphatic carbocycles. The molecule has 0 aliphatic rings. The van der Waals surface area contributed by atoms with Crippen LogP contribution >= 0.6 is 15.9 Å². The van der Waals surface area contributed by atoms with Gasteiger partial charge in [0.1, 0.15) is 0 Å². The van der Waals surface area contributed by atoms with Crippen molar-refractivity contribution in [1.29, 1.82) is 0 Å². The third-order valence-corrected chi connectivity index (χ3v) is 3.49. The minimum atomic E-state index is -1.82. The number of hydrogen-bond donors (Lipinski definition) is 0. The lowest BCUT2D eigenvalue weighted by Crippen LogP contribution is -2.37. The van der Waals surface area contributed by atoms with Crippen LogP contribution in [0.1, 0.15) is 5.48 Å². The molecule has 1 rings (SSSR count). The monoisotopic (exact) mass is 232 g/mol. The van der Waals surface area contributed by atoms with Gasteiger partial charge >= 0.3 is 0 Å². The van der Waals surface area contributed by atoms with Crippen molar-refractivity contribution in [3.05, 3.63) is 28.6 Å². The van der Waals surface area contributed by atoms with Crippen molar-refractivity contribution in [3.8, 4) is 0 Å². The molecule has 0 nitrogen and oxygen atoms in total. The molecule has 0 aromatic heterocycles. The summed E-state index contributed by atoms with van der Waals surface area (Å²) in [6.07, 6.45) is 0. The molecule has 0 N–H and O–H groups in total. The summed E-state index contributed by atoms with van der Waals surface area (Å²) in [5, 5.41) is 0.648. The molecule has 1 aromatic rings. The van der Waals surface area contributed by atoms with Crippen molar-refractivity contribution in [2.75, 3.05) is 0 Å². The minimum Gasteiger partial charge on any atom is -0.0656 e. The van der Waals surface area contributed by atoms with Gasteiger partial charge in [0.25, 0.3) is 0 Å². The summed E-state index contributed by atoms with van der Waals surface area (Å²) in [4.78, 5) is 0. The first kappa shape index (κ1) is 4.82. The SMILES string of the molecule is [2H]c1c([2H])c(Br)c([2H])c([Si](C)(C)C)c1[2H]. The van der Waals surface area contributed by atoms with E-state index in [9.17, 15) is 0 Å². The van der Waals surface area contributed by atoms with Crippen molar-refractivity contribution in [2.45, 2.75) is 19.6 Å². The Bertz CT molecular complexity index is 383. The molecule has 0 spiro atoms. The average Bonchev–Trinajstić information content (AvgIpc) is 2.09. The summed E-state index contributed by atoms with van der Waals surface area (Å²) in [6, 6.07) is 0.106. The first-order chi connectivity index (χ1) is 6.68. The van der Waals surface area contributed by atoms with Crippen molar-refractivity contribution in [1.82, 2.24) is 0 Å². The van der Waals surface area contributed by atoms with Gasteiger partial charge in [-0.15, -0.1) is 0 Å². The zero-order valence-electron chi connectivity index (χ0n) is 10.9. The standard InChI is InChI=1S/C9H13BrSi/c1-11(2,3)9-6-4-5-8(10)7-9/h4-7H,1-3H3/i4D,5D,6D,7D. The van der Waals surface area contributed by atoms with Crippen LogP contribution in [0.15, 0.2) is 28.6 Å². The highest BCUT2D eigenvalue weighted by Gasteiger charge is 2.15. The van der Waals surface area contributed by atoms with E-state index in [0.717, 1.165) is 0 Å². The second kappa shape index (κ2) is 3.11. The smallest absolute Gasteiger partial charge is 0.0656 e. The van der Waals surface area contributed by atoms with E-state index in [-0.39, 0.29) is 24.2 Å². The summed E-state index contributed by atoms with van der Waals surface area (Å²) < 4.78 is 31.2. The Balaban J connectivity index is 3.68. The van der Waals surface area contributed by atoms with Crippen molar-refractivity contribution < 1.29 is 5.48 Å². The first-order valence-electron chi connectivity index (χ1n) is 5.44. The second-order valence-corrected chi connectivity index (χ2v) is 9.23. The molecule has 0 saturated carbocycles. The third-order valence-electron chi connectivity index (χ3n) is 1.34. The molecule has 0 fully saturated rings. The van der Waals surface area contributed by atoms with Crippen molar-refractivity contribution in [2.24, 2.45) is 0 Å². The van der Waals surface area contributed by atoms with Gasteiger partial charge in [-0.25, -0.2) is 0 Å². The Morgan fingerprint density at radius 1 is 1.36 bits per heavy atom. The second-order valence-electron chi connectivity index (χ2n) is 3.44. The maximum absolute atomic E-state index is 7.89. The van der Waals surface area contributed by atoms with E-state index in [1.54, 1.807) is 0 Å². The van der Waals surface area contributed by atoms with E-state index >= 15 is 0 Å². The first-order valence-corrected chi connectivity index (χ1v) is 7.73. The van der Waals surface area contributed by atoms with E-state index in [0.29, 0.717) is 9.66 Å². The van der Waals surface area contributed by atoms with E-state index in [4.69, 9.17) is 5.48 Å². The van der Waals surface area contributed by atoms with Crippen LogP contribution in [-0.2, 0) is 0 Å². The van der Waals surface area contributed by atoms with Gasteiger partial charge in [0.2, 0.25) is 0 Å².